The van der Waals surface area contributed by atoms with Crippen molar-refractivity contribution in [2.75, 3.05) is 7.11 Å². The molecule has 0 bridgehead atoms. The highest BCUT2D eigenvalue weighted by Crippen LogP contribution is 2.04. The summed E-state index contributed by atoms with van der Waals surface area (Å²) in [6.45, 7) is 0. The number of rotatable bonds is 7. The van der Waals surface area contributed by atoms with Crippen LogP contribution in [0.3, 0.4) is 0 Å². The second-order valence-electron chi connectivity index (χ2n) is 5.79. The van der Waals surface area contributed by atoms with E-state index < -0.39 is 18.1 Å². The maximum atomic E-state index is 11.0. The van der Waals surface area contributed by atoms with Crippen molar-refractivity contribution < 1.29 is 19.4 Å². The van der Waals surface area contributed by atoms with Gasteiger partial charge in [0, 0.05) is 0 Å². The largest absolute Gasteiger partial charge is 0.480 e. The molecule has 2 aromatic rings. The molecule has 0 aromatic heterocycles. The maximum Gasteiger partial charge on any atom is 0.322 e. The quantitative estimate of drug-likeness (QED) is 0.650. The maximum absolute atomic E-state index is 11.0. The third-order valence-electron chi connectivity index (χ3n) is 3.71. The molecule has 140 valence electrons. The summed E-state index contributed by atoms with van der Waals surface area (Å²) in [6, 6.07) is 18.0. The molecule has 5 N–H and O–H groups in total. The van der Waals surface area contributed by atoms with E-state index in [0.29, 0.717) is 19.3 Å². The molecule has 0 aliphatic carbocycles. The molecule has 0 heterocycles. The lowest BCUT2D eigenvalue weighted by Crippen LogP contribution is -2.33. The van der Waals surface area contributed by atoms with E-state index in [-0.39, 0.29) is 5.97 Å². The van der Waals surface area contributed by atoms with Crippen molar-refractivity contribution in [1.29, 1.82) is 0 Å². The van der Waals surface area contributed by atoms with Crippen LogP contribution in [0, 0.1) is 0 Å². The molecular formula is C20H26N2O4. The van der Waals surface area contributed by atoms with Crippen molar-refractivity contribution in [3.63, 3.8) is 0 Å². The number of aryl methyl sites for hydroxylation is 1. The van der Waals surface area contributed by atoms with E-state index in [1.54, 1.807) is 0 Å². The second kappa shape index (κ2) is 11.8. The van der Waals surface area contributed by atoms with Gasteiger partial charge in [0.25, 0.3) is 0 Å². The number of nitrogens with two attached hydrogens (primary N) is 2. The molecule has 2 atom stereocenters. The van der Waals surface area contributed by atoms with Crippen LogP contribution in [0.5, 0.6) is 0 Å². The van der Waals surface area contributed by atoms with Gasteiger partial charge in [-0.3, -0.25) is 9.59 Å². The predicted molar refractivity (Wildman–Crippen MR) is 101 cm³/mol. The normalized spacial score (nSPS) is 12.3. The topological polar surface area (TPSA) is 116 Å². The van der Waals surface area contributed by atoms with Crippen LogP contribution in [-0.2, 0) is 27.2 Å². The van der Waals surface area contributed by atoms with Gasteiger partial charge in [0.05, 0.1) is 7.11 Å². The molecule has 0 aliphatic rings. The number of carboxylic acid groups (broad SMARTS) is 1. The van der Waals surface area contributed by atoms with Gasteiger partial charge < -0.3 is 21.3 Å². The highest BCUT2D eigenvalue weighted by molar-refractivity contribution is 5.75. The Balaban J connectivity index is 0.000000260. The first kappa shape index (κ1) is 21.3. The number of benzene rings is 2. The molecule has 2 unspecified atom stereocenters. The zero-order chi connectivity index (χ0) is 19.4. The van der Waals surface area contributed by atoms with Crippen LogP contribution in [0.25, 0.3) is 0 Å². The van der Waals surface area contributed by atoms with Gasteiger partial charge in [-0.05, 0) is 30.4 Å². The molecule has 6 nitrogen and oxygen atoms in total. The van der Waals surface area contributed by atoms with Gasteiger partial charge in [0.2, 0.25) is 0 Å². The van der Waals surface area contributed by atoms with Crippen LogP contribution in [-0.4, -0.2) is 36.2 Å². The summed E-state index contributed by atoms with van der Waals surface area (Å²) in [4.78, 5) is 21.4. The minimum Gasteiger partial charge on any atom is -0.480 e. The van der Waals surface area contributed by atoms with E-state index in [0.717, 1.165) is 11.1 Å². The highest BCUT2D eigenvalue weighted by Gasteiger charge is 2.13. The van der Waals surface area contributed by atoms with E-state index in [1.165, 1.54) is 7.11 Å². The molecule has 0 spiro atoms. The Labute approximate surface area is 153 Å². The number of esters is 1. The summed E-state index contributed by atoms with van der Waals surface area (Å²) >= 11 is 0. The molecule has 6 heteroatoms. The first-order valence-corrected chi connectivity index (χ1v) is 8.33. The number of hydrogen-bond acceptors (Lipinski definition) is 5. The van der Waals surface area contributed by atoms with E-state index in [1.807, 2.05) is 60.7 Å². The van der Waals surface area contributed by atoms with Crippen molar-refractivity contribution in [3.05, 3.63) is 71.8 Å². The number of ether oxygens (including phenoxy) is 1. The number of carboxylic acids is 1. The molecule has 0 radical (unpaired) electrons. The lowest BCUT2D eigenvalue weighted by molar-refractivity contribution is -0.142. The standard InChI is InChI=1S/2C10H13NO2/c1-13-10(12)9(11)7-8-5-3-2-4-6-8;11-9(10(12)13)7-6-8-4-2-1-3-5-8/h2-6,9H,7,11H2,1H3;1-5,9H,6-7,11H2,(H,12,13). The number of carbonyl (C=O) groups is 2. The Bertz CT molecular complexity index is 662. The van der Waals surface area contributed by atoms with Gasteiger partial charge in [-0.2, -0.15) is 0 Å². The zero-order valence-electron chi connectivity index (χ0n) is 14.9. The lowest BCUT2D eigenvalue weighted by Gasteiger charge is -2.08. The molecule has 2 aromatic carbocycles. The first-order valence-electron chi connectivity index (χ1n) is 8.33. The average molecular weight is 358 g/mol. The van der Waals surface area contributed by atoms with Gasteiger partial charge in [-0.1, -0.05) is 60.7 Å². The van der Waals surface area contributed by atoms with Crippen molar-refractivity contribution in [2.24, 2.45) is 11.5 Å². The molecule has 0 amide bonds. The van der Waals surface area contributed by atoms with Crippen LogP contribution < -0.4 is 11.5 Å². The monoisotopic (exact) mass is 358 g/mol. The molecule has 26 heavy (non-hydrogen) atoms. The van der Waals surface area contributed by atoms with Gasteiger partial charge in [0.15, 0.2) is 0 Å². The zero-order valence-corrected chi connectivity index (χ0v) is 14.9. The minimum atomic E-state index is -0.934. The van der Waals surface area contributed by atoms with Crippen LogP contribution in [0.1, 0.15) is 17.5 Å². The smallest absolute Gasteiger partial charge is 0.322 e. The fraction of sp³-hybridized carbons (Fsp3) is 0.300. The average Bonchev–Trinajstić information content (AvgIpc) is 2.67. The highest BCUT2D eigenvalue weighted by atomic mass is 16.5. The van der Waals surface area contributed by atoms with Crippen LogP contribution in [0.2, 0.25) is 0 Å². The van der Waals surface area contributed by atoms with Crippen molar-refractivity contribution in [1.82, 2.24) is 0 Å². The number of aliphatic carboxylic acids is 1. The lowest BCUT2D eigenvalue weighted by atomic mass is 10.1. The fourth-order valence-corrected chi connectivity index (χ4v) is 2.19. The Morgan fingerprint density at radius 3 is 1.88 bits per heavy atom. The Morgan fingerprint density at radius 1 is 0.923 bits per heavy atom. The molecule has 0 saturated carbocycles. The van der Waals surface area contributed by atoms with Crippen LogP contribution in [0.15, 0.2) is 60.7 Å². The Morgan fingerprint density at radius 2 is 1.42 bits per heavy atom. The molecule has 0 aliphatic heterocycles. The SMILES string of the molecule is COC(=O)C(N)Cc1ccccc1.NC(CCc1ccccc1)C(=O)O. The Kier molecular flexibility index (Phi) is 9.67. The number of carbonyl (C=O) groups excluding carboxylic acids is 1. The minimum absolute atomic E-state index is 0.371. The third kappa shape index (κ3) is 8.41. The van der Waals surface area contributed by atoms with Crippen LogP contribution >= 0.6 is 0 Å². The summed E-state index contributed by atoms with van der Waals surface area (Å²) in [7, 11) is 1.34. The van der Waals surface area contributed by atoms with Crippen molar-refractivity contribution in [2.45, 2.75) is 31.3 Å². The Hall–Kier alpha value is -2.70. The van der Waals surface area contributed by atoms with E-state index in [4.69, 9.17) is 16.6 Å². The molecule has 0 saturated heterocycles. The summed E-state index contributed by atoms with van der Waals surface area (Å²) in [6.07, 6.45) is 1.72. The second-order valence-corrected chi connectivity index (χ2v) is 5.79. The fourth-order valence-electron chi connectivity index (χ4n) is 2.19. The van der Waals surface area contributed by atoms with E-state index in [2.05, 4.69) is 4.74 Å². The molecule has 0 fully saturated rings. The van der Waals surface area contributed by atoms with Crippen molar-refractivity contribution >= 4 is 11.9 Å². The summed E-state index contributed by atoms with van der Waals surface area (Å²) in [5, 5.41) is 8.54. The van der Waals surface area contributed by atoms with Gasteiger partial charge in [0.1, 0.15) is 12.1 Å². The van der Waals surface area contributed by atoms with Crippen LogP contribution in [0.4, 0.5) is 0 Å². The number of methoxy groups -OCH3 is 1. The predicted octanol–water partition coefficient (Wildman–Crippen LogP) is 1.76. The summed E-state index contributed by atoms with van der Waals surface area (Å²) in [5.74, 6) is -1.31. The van der Waals surface area contributed by atoms with Gasteiger partial charge in [-0.15, -0.1) is 0 Å². The summed E-state index contributed by atoms with van der Waals surface area (Å²) in [5.41, 5.74) is 13.1. The third-order valence-corrected chi connectivity index (χ3v) is 3.71. The van der Waals surface area contributed by atoms with E-state index >= 15 is 0 Å². The number of hydrogen-bond donors (Lipinski definition) is 3. The van der Waals surface area contributed by atoms with Gasteiger partial charge >= 0.3 is 11.9 Å². The molecular weight excluding hydrogens is 332 g/mol. The first-order chi connectivity index (χ1) is 12.4. The van der Waals surface area contributed by atoms with Crippen molar-refractivity contribution in [3.8, 4) is 0 Å². The molecule has 2 rings (SSSR count). The summed E-state index contributed by atoms with van der Waals surface area (Å²) < 4.78 is 4.52. The van der Waals surface area contributed by atoms with E-state index in [9.17, 15) is 9.59 Å². The van der Waals surface area contributed by atoms with Gasteiger partial charge in [-0.25, -0.2) is 0 Å².